The van der Waals surface area contributed by atoms with Crippen LogP contribution in [0.15, 0.2) is 0 Å². The molecule has 0 spiro atoms. The zero-order valence-electron chi connectivity index (χ0n) is 9.89. The topological polar surface area (TPSA) is 66.2 Å². The molecule has 1 rings (SSSR count). The van der Waals surface area contributed by atoms with Crippen LogP contribution in [-0.2, 0) is 16.0 Å². The Bertz CT molecular complexity index is 349. The number of hydrogen-bond donors (Lipinski definition) is 0. The number of carbonyl (C=O) groups is 1. The third kappa shape index (κ3) is 3.03. The number of rotatable bonds is 6. The van der Waals surface area contributed by atoms with Gasteiger partial charge in [-0.2, -0.15) is 0 Å². The van der Waals surface area contributed by atoms with E-state index in [9.17, 15) is 4.79 Å². The van der Waals surface area contributed by atoms with Gasteiger partial charge in [0.1, 0.15) is 0 Å². The summed E-state index contributed by atoms with van der Waals surface area (Å²) >= 11 is 0. The summed E-state index contributed by atoms with van der Waals surface area (Å²) in [6.07, 6.45) is 0. The maximum absolute atomic E-state index is 11.4. The van der Waals surface area contributed by atoms with E-state index in [1.807, 2.05) is 6.92 Å². The summed E-state index contributed by atoms with van der Waals surface area (Å²) in [6.45, 7) is 7.63. The number of esters is 1. The predicted molar refractivity (Wildman–Crippen MR) is 57.2 cm³/mol. The van der Waals surface area contributed by atoms with Gasteiger partial charge in [0.15, 0.2) is 5.69 Å². The van der Waals surface area contributed by atoms with E-state index in [4.69, 9.17) is 9.47 Å². The van der Waals surface area contributed by atoms with Crippen LogP contribution in [-0.4, -0.2) is 40.8 Å². The molecule has 6 nitrogen and oxygen atoms in total. The lowest BCUT2D eigenvalue weighted by molar-refractivity contribution is 0.0518. The molecule has 1 aromatic heterocycles. The van der Waals surface area contributed by atoms with Crippen LogP contribution < -0.4 is 0 Å². The molecular weight excluding hydrogens is 210 g/mol. The lowest BCUT2D eigenvalue weighted by Crippen LogP contribution is -2.11. The van der Waals surface area contributed by atoms with Crippen molar-refractivity contribution in [3.63, 3.8) is 0 Å². The highest BCUT2D eigenvalue weighted by atomic mass is 16.5. The Morgan fingerprint density at radius 1 is 1.38 bits per heavy atom. The Labute approximate surface area is 94.5 Å². The van der Waals surface area contributed by atoms with Crippen LogP contribution in [0.2, 0.25) is 0 Å². The van der Waals surface area contributed by atoms with Gasteiger partial charge in [0.05, 0.1) is 25.5 Å². The summed E-state index contributed by atoms with van der Waals surface area (Å²) in [5, 5.41) is 7.67. The molecule has 0 aliphatic heterocycles. The van der Waals surface area contributed by atoms with Crippen molar-refractivity contribution < 1.29 is 14.3 Å². The molecule has 0 radical (unpaired) electrons. The van der Waals surface area contributed by atoms with Gasteiger partial charge in [-0.05, 0) is 20.8 Å². The first kappa shape index (κ1) is 12.6. The van der Waals surface area contributed by atoms with Crippen LogP contribution in [0.4, 0.5) is 0 Å². The van der Waals surface area contributed by atoms with Crippen molar-refractivity contribution >= 4 is 5.97 Å². The van der Waals surface area contributed by atoms with Crippen LogP contribution in [0.1, 0.15) is 30.0 Å². The Hall–Kier alpha value is -1.43. The van der Waals surface area contributed by atoms with Crippen LogP contribution in [0.3, 0.4) is 0 Å². The van der Waals surface area contributed by atoms with Gasteiger partial charge < -0.3 is 9.47 Å². The quantitative estimate of drug-likeness (QED) is 0.531. The molecule has 0 amide bonds. The standard InChI is InChI=1S/C10H17N3O3/c1-4-15-7-6-13-8(3)9(11-12-13)10(14)16-5-2/h4-7H2,1-3H3. The summed E-state index contributed by atoms with van der Waals surface area (Å²) in [7, 11) is 0. The first-order chi connectivity index (χ1) is 7.70. The van der Waals surface area contributed by atoms with Crippen LogP contribution in [0.25, 0.3) is 0 Å². The minimum Gasteiger partial charge on any atom is -0.461 e. The largest absolute Gasteiger partial charge is 0.461 e. The normalized spacial score (nSPS) is 10.4. The van der Waals surface area contributed by atoms with E-state index in [1.54, 1.807) is 18.5 Å². The third-order valence-electron chi connectivity index (χ3n) is 2.10. The van der Waals surface area contributed by atoms with E-state index in [-0.39, 0.29) is 5.69 Å². The molecule has 0 fully saturated rings. The van der Waals surface area contributed by atoms with E-state index in [1.165, 1.54) is 0 Å². The van der Waals surface area contributed by atoms with Gasteiger partial charge in [0, 0.05) is 6.61 Å². The Morgan fingerprint density at radius 2 is 2.12 bits per heavy atom. The molecule has 0 atom stereocenters. The number of carbonyl (C=O) groups excluding carboxylic acids is 1. The van der Waals surface area contributed by atoms with E-state index in [2.05, 4.69) is 10.3 Å². The lowest BCUT2D eigenvalue weighted by atomic mass is 10.3. The second-order valence-corrected chi connectivity index (χ2v) is 3.16. The van der Waals surface area contributed by atoms with Crippen molar-refractivity contribution in [3.05, 3.63) is 11.4 Å². The highest BCUT2D eigenvalue weighted by Gasteiger charge is 2.16. The maximum atomic E-state index is 11.4. The molecule has 1 heterocycles. The molecule has 0 aliphatic carbocycles. The monoisotopic (exact) mass is 227 g/mol. The van der Waals surface area contributed by atoms with E-state index in [0.29, 0.717) is 32.1 Å². The molecule has 0 bridgehead atoms. The zero-order chi connectivity index (χ0) is 12.0. The lowest BCUT2D eigenvalue weighted by Gasteiger charge is -2.03. The van der Waals surface area contributed by atoms with Crippen molar-refractivity contribution in [2.75, 3.05) is 19.8 Å². The van der Waals surface area contributed by atoms with Crippen LogP contribution in [0, 0.1) is 6.92 Å². The fraction of sp³-hybridized carbons (Fsp3) is 0.700. The Kier molecular flexibility index (Phi) is 4.91. The fourth-order valence-corrected chi connectivity index (χ4v) is 1.26. The molecule has 0 N–H and O–H groups in total. The van der Waals surface area contributed by atoms with Gasteiger partial charge >= 0.3 is 5.97 Å². The summed E-state index contributed by atoms with van der Waals surface area (Å²) in [5.41, 5.74) is 0.983. The molecule has 0 aromatic carbocycles. The van der Waals surface area contributed by atoms with Gasteiger partial charge in [-0.25, -0.2) is 9.48 Å². The second-order valence-electron chi connectivity index (χ2n) is 3.16. The van der Waals surface area contributed by atoms with Crippen LogP contribution >= 0.6 is 0 Å². The van der Waals surface area contributed by atoms with Crippen molar-refractivity contribution in [3.8, 4) is 0 Å². The molecule has 90 valence electrons. The number of aromatic nitrogens is 3. The zero-order valence-corrected chi connectivity index (χ0v) is 9.89. The molecule has 0 unspecified atom stereocenters. The first-order valence-corrected chi connectivity index (χ1v) is 5.35. The predicted octanol–water partition coefficient (Wildman–Crippen LogP) is 0.800. The van der Waals surface area contributed by atoms with Crippen molar-refractivity contribution in [2.24, 2.45) is 0 Å². The molecule has 1 aromatic rings. The molecule has 0 aliphatic rings. The SMILES string of the molecule is CCOCCn1nnc(C(=O)OCC)c1C. The van der Waals surface area contributed by atoms with Crippen molar-refractivity contribution in [1.29, 1.82) is 0 Å². The fourth-order valence-electron chi connectivity index (χ4n) is 1.26. The van der Waals surface area contributed by atoms with E-state index >= 15 is 0 Å². The summed E-state index contributed by atoms with van der Waals surface area (Å²) in [5.74, 6) is -0.428. The highest BCUT2D eigenvalue weighted by Crippen LogP contribution is 2.05. The maximum Gasteiger partial charge on any atom is 0.360 e. The van der Waals surface area contributed by atoms with E-state index in [0.717, 1.165) is 0 Å². The van der Waals surface area contributed by atoms with Crippen molar-refractivity contribution in [2.45, 2.75) is 27.3 Å². The summed E-state index contributed by atoms with van der Waals surface area (Å²) in [4.78, 5) is 11.4. The highest BCUT2D eigenvalue weighted by molar-refractivity contribution is 5.88. The van der Waals surface area contributed by atoms with Gasteiger partial charge in [-0.1, -0.05) is 5.21 Å². The molecular formula is C10H17N3O3. The molecule has 16 heavy (non-hydrogen) atoms. The Morgan fingerprint density at radius 3 is 2.75 bits per heavy atom. The minimum atomic E-state index is -0.428. The van der Waals surface area contributed by atoms with Gasteiger partial charge in [-0.15, -0.1) is 5.10 Å². The summed E-state index contributed by atoms with van der Waals surface area (Å²) in [6, 6.07) is 0. The molecule has 6 heteroatoms. The average molecular weight is 227 g/mol. The van der Waals surface area contributed by atoms with Crippen LogP contribution in [0.5, 0.6) is 0 Å². The smallest absolute Gasteiger partial charge is 0.360 e. The molecule has 0 saturated carbocycles. The first-order valence-electron chi connectivity index (χ1n) is 5.35. The van der Waals surface area contributed by atoms with Gasteiger partial charge in [-0.3, -0.25) is 0 Å². The minimum absolute atomic E-state index is 0.276. The second kappa shape index (κ2) is 6.22. The molecule has 0 saturated heterocycles. The van der Waals surface area contributed by atoms with E-state index < -0.39 is 5.97 Å². The Balaban J connectivity index is 2.64. The number of nitrogens with zero attached hydrogens (tertiary/aromatic N) is 3. The average Bonchev–Trinajstić information content (AvgIpc) is 2.61. The number of ether oxygens (including phenoxy) is 2. The van der Waals surface area contributed by atoms with Crippen molar-refractivity contribution in [1.82, 2.24) is 15.0 Å². The number of hydrogen-bond acceptors (Lipinski definition) is 5. The third-order valence-corrected chi connectivity index (χ3v) is 2.10. The summed E-state index contributed by atoms with van der Waals surface area (Å²) < 4.78 is 11.7. The van der Waals surface area contributed by atoms with Gasteiger partial charge in [0.25, 0.3) is 0 Å². The van der Waals surface area contributed by atoms with Gasteiger partial charge in [0.2, 0.25) is 0 Å².